The van der Waals surface area contributed by atoms with E-state index in [1.807, 2.05) is 24.3 Å². The summed E-state index contributed by atoms with van der Waals surface area (Å²) in [6, 6.07) is 8.03. The molecule has 1 atom stereocenters. The molecule has 14 heavy (non-hydrogen) atoms. The Morgan fingerprint density at radius 3 is 3.14 bits per heavy atom. The SMILES string of the molecule is c1ccc2sc(OCC3CO3)nc2c1. The Morgan fingerprint density at radius 2 is 2.36 bits per heavy atom. The van der Waals surface area contributed by atoms with Crippen LogP contribution in [0.4, 0.5) is 0 Å². The molecular formula is C10H9NO2S. The molecule has 3 rings (SSSR count). The van der Waals surface area contributed by atoms with Gasteiger partial charge in [0, 0.05) is 0 Å². The Hall–Kier alpha value is -1.13. The molecular weight excluding hydrogens is 198 g/mol. The van der Waals surface area contributed by atoms with Crippen molar-refractivity contribution in [2.75, 3.05) is 13.2 Å². The third-order valence-electron chi connectivity index (χ3n) is 2.07. The predicted octanol–water partition coefficient (Wildman–Crippen LogP) is 2.07. The first kappa shape index (κ1) is 8.20. The topological polar surface area (TPSA) is 34.6 Å². The van der Waals surface area contributed by atoms with Crippen LogP contribution < -0.4 is 4.74 Å². The van der Waals surface area contributed by atoms with Gasteiger partial charge in [0.2, 0.25) is 0 Å². The first-order chi connectivity index (χ1) is 6.92. The third-order valence-corrected chi connectivity index (χ3v) is 3.02. The Morgan fingerprint density at radius 1 is 1.50 bits per heavy atom. The number of hydrogen-bond donors (Lipinski definition) is 0. The highest BCUT2D eigenvalue weighted by atomic mass is 32.1. The molecule has 1 aliphatic heterocycles. The Labute approximate surface area is 85.3 Å². The minimum atomic E-state index is 0.294. The number of para-hydroxylation sites is 1. The lowest BCUT2D eigenvalue weighted by molar-refractivity contribution is 0.262. The zero-order valence-electron chi connectivity index (χ0n) is 7.47. The van der Waals surface area contributed by atoms with Crippen molar-refractivity contribution < 1.29 is 9.47 Å². The lowest BCUT2D eigenvalue weighted by Crippen LogP contribution is -2.03. The van der Waals surface area contributed by atoms with Gasteiger partial charge in [0.15, 0.2) is 0 Å². The van der Waals surface area contributed by atoms with E-state index >= 15 is 0 Å². The zero-order chi connectivity index (χ0) is 9.38. The highest BCUT2D eigenvalue weighted by molar-refractivity contribution is 7.20. The van der Waals surface area contributed by atoms with Crippen molar-refractivity contribution in [1.82, 2.24) is 4.98 Å². The summed E-state index contributed by atoms with van der Waals surface area (Å²) in [5, 5.41) is 0.738. The summed E-state index contributed by atoms with van der Waals surface area (Å²) in [4.78, 5) is 4.35. The van der Waals surface area contributed by atoms with Gasteiger partial charge in [-0.3, -0.25) is 0 Å². The number of hydrogen-bond acceptors (Lipinski definition) is 4. The van der Waals surface area contributed by atoms with Crippen molar-refractivity contribution in [3.8, 4) is 5.19 Å². The molecule has 0 aliphatic carbocycles. The van der Waals surface area contributed by atoms with Gasteiger partial charge in [0.25, 0.3) is 5.19 Å². The first-order valence-electron chi connectivity index (χ1n) is 4.52. The summed E-state index contributed by atoms with van der Waals surface area (Å²) in [5.74, 6) is 0. The summed E-state index contributed by atoms with van der Waals surface area (Å²) in [6.07, 6.45) is 0.294. The normalized spacial score (nSPS) is 19.9. The first-order valence-corrected chi connectivity index (χ1v) is 5.33. The molecule has 72 valence electrons. The highest BCUT2D eigenvalue weighted by Crippen LogP contribution is 2.27. The van der Waals surface area contributed by atoms with Gasteiger partial charge in [-0.1, -0.05) is 23.5 Å². The Kier molecular flexibility index (Phi) is 1.89. The van der Waals surface area contributed by atoms with E-state index in [1.165, 1.54) is 4.70 Å². The summed E-state index contributed by atoms with van der Waals surface area (Å²) in [6.45, 7) is 1.45. The van der Waals surface area contributed by atoms with Crippen molar-refractivity contribution in [1.29, 1.82) is 0 Å². The molecule has 1 aromatic heterocycles. The minimum absolute atomic E-state index is 0.294. The van der Waals surface area contributed by atoms with E-state index in [-0.39, 0.29) is 0 Å². The van der Waals surface area contributed by atoms with E-state index < -0.39 is 0 Å². The van der Waals surface area contributed by atoms with Gasteiger partial charge in [-0.05, 0) is 12.1 Å². The van der Waals surface area contributed by atoms with Gasteiger partial charge in [-0.25, -0.2) is 4.98 Å². The molecule has 4 heteroatoms. The molecule has 0 radical (unpaired) electrons. The van der Waals surface area contributed by atoms with E-state index in [9.17, 15) is 0 Å². The van der Waals surface area contributed by atoms with Gasteiger partial charge < -0.3 is 9.47 Å². The van der Waals surface area contributed by atoms with E-state index in [0.717, 1.165) is 17.3 Å². The molecule has 0 bridgehead atoms. The summed E-state index contributed by atoms with van der Waals surface area (Å²) in [5.41, 5.74) is 1.00. The number of ether oxygens (including phenoxy) is 2. The quantitative estimate of drug-likeness (QED) is 0.723. The van der Waals surface area contributed by atoms with E-state index in [2.05, 4.69) is 4.98 Å². The fraction of sp³-hybridized carbons (Fsp3) is 0.300. The zero-order valence-corrected chi connectivity index (χ0v) is 8.29. The van der Waals surface area contributed by atoms with Crippen molar-refractivity contribution >= 4 is 21.6 Å². The van der Waals surface area contributed by atoms with Crippen LogP contribution in [-0.4, -0.2) is 24.3 Å². The molecule has 0 N–H and O–H groups in total. The average Bonchev–Trinajstić information content (AvgIpc) is 2.94. The maximum Gasteiger partial charge on any atom is 0.274 e. The standard InChI is InChI=1S/C10H9NO2S/c1-2-4-9-8(3-1)11-10(14-9)13-6-7-5-12-7/h1-4,7H,5-6H2. The van der Waals surface area contributed by atoms with E-state index in [0.29, 0.717) is 12.7 Å². The molecule has 3 nitrogen and oxygen atoms in total. The van der Waals surface area contributed by atoms with Crippen LogP contribution >= 0.6 is 11.3 Å². The van der Waals surface area contributed by atoms with Crippen molar-refractivity contribution in [2.45, 2.75) is 6.10 Å². The van der Waals surface area contributed by atoms with Crippen LogP contribution in [0.2, 0.25) is 0 Å². The molecule has 1 aliphatic rings. The number of aromatic nitrogens is 1. The number of benzene rings is 1. The predicted molar refractivity (Wildman–Crippen MR) is 54.9 cm³/mol. The van der Waals surface area contributed by atoms with Crippen LogP contribution in [0, 0.1) is 0 Å². The monoisotopic (exact) mass is 207 g/mol. The van der Waals surface area contributed by atoms with Crippen LogP contribution in [0.15, 0.2) is 24.3 Å². The van der Waals surface area contributed by atoms with Crippen LogP contribution in [0.3, 0.4) is 0 Å². The molecule has 0 amide bonds. The third kappa shape index (κ3) is 1.58. The van der Waals surface area contributed by atoms with Crippen molar-refractivity contribution in [3.05, 3.63) is 24.3 Å². The fourth-order valence-corrected chi connectivity index (χ4v) is 2.07. The molecule has 2 heterocycles. The minimum Gasteiger partial charge on any atom is -0.467 e. The molecule has 1 aromatic carbocycles. The van der Waals surface area contributed by atoms with Crippen LogP contribution in [0.1, 0.15) is 0 Å². The molecule has 1 fully saturated rings. The number of rotatable bonds is 3. The average molecular weight is 207 g/mol. The summed E-state index contributed by atoms with van der Waals surface area (Å²) >= 11 is 1.58. The maximum atomic E-state index is 5.50. The van der Waals surface area contributed by atoms with E-state index in [4.69, 9.17) is 9.47 Å². The smallest absolute Gasteiger partial charge is 0.274 e. The van der Waals surface area contributed by atoms with Crippen LogP contribution in [0.5, 0.6) is 5.19 Å². The van der Waals surface area contributed by atoms with Gasteiger partial charge in [0.1, 0.15) is 12.7 Å². The molecule has 1 saturated heterocycles. The number of thiazole rings is 1. The summed E-state index contributed by atoms with van der Waals surface area (Å²) < 4.78 is 11.7. The van der Waals surface area contributed by atoms with Gasteiger partial charge in [-0.15, -0.1) is 0 Å². The molecule has 0 saturated carbocycles. The second-order valence-corrected chi connectivity index (χ2v) is 4.21. The molecule has 0 spiro atoms. The van der Waals surface area contributed by atoms with Crippen LogP contribution in [-0.2, 0) is 4.74 Å². The van der Waals surface area contributed by atoms with Crippen molar-refractivity contribution in [3.63, 3.8) is 0 Å². The van der Waals surface area contributed by atoms with Gasteiger partial charge >= 0.3 is 0 Å². The van der Waals surface area contributed by atoms with Gasteiger partial charge in [-0.2, -0.15) is 0 Å². The molecule has 2 aromatic rings. The molecule has 1 unspecified atom stereocenters. The Balaban J connectivity index is 1.82. The van der Waals surface area contributed by atoms with Crippen LogP contribution in [0.25, 0.3) is 10.2 Å². The number of nitrogens with zero attached hydrogens (tertiary/aromatic N) is 1. The summed E-state index contributed by atoms with van der Waals surface area (Å²) in [7, 11) is 0. The maximum absolute atomic E-state index is 5.50. The second kappa shape index (κ2) is 3.22. The van der Waals surface area contributed by atoms with E-state index in [1.54, 1.807) is 11.3 Å². The lowest BCUT2D eigenvalue weighted by Gasteiger charge is -1.95. The number of fused-ring (bicyclic) bond motifs is 1. The second-order valence-electron chi connectivity index (χ2n) is 3.21. The fourth-order valence-electron chi connectivity index (χ4n) is 1.24. The van der Waals surface area contributed by atoms with Crippen molar-refractivity contribution in [2.24, 2.45) is 0 Å². The Bertz CT molecular complexity index is 417. The largest absolute Gasteiger partial charge is 0.467 e. The highest BCUT2D eigenvalue weighted by Gasteiger charge is 2.23. The van der Waals surface area contributed by atoms with Gasteiger partial charge in [0.05, 0.1) is 16.8 Å². The lowest BCUT2D eigenvalue weighted by atomic mass is 10.3. The number of epoxide rings is 1.